The summed E-state index contributed by atoms with van der Waals surface area (Å²) in [5, 5.41) is 2.86. The Hall–Kier alpha value is -0.610. The molecule has 1 fully saturated rings. The van der Waals surface area contributed by atoms with Gasteiger partial charge < -0.3 is 15.8 Å². The van der Waals surface area contributed by atoms with Gasteiger partial charge in [-0.25, -0.2) is 0 Å². The van der Waals surface area contributed by atoms with Gasteiger partial charge in [0.25, 0.3) is 0 Å². The standard InChI is InChI=1S/C12H24N2O2/c1-2-11(12(15)14-9-5-8-13)16-10-6-3-4-7-10/h10-11H,2-9,13H2,1H3,(H,14,15). The van der Waals surface area contributed by atoms with Gasteiger partial charge in [0, 0.05) is 6.54 Å². The first-order valence-electron chi connectivity index (χ1n) is 6.41. The van der Waals surface area contributed by atoms with E-state index in [0.717, 1.165) is 25.7 Å². The van der Waals surface area contributed by atoms with Gasteiger partial charge in [-0.15, -0.1) is 0 Å². The van der Waals surface area contributed by atoms with Gasteiger partial charge in [0.15, 0.2) is 0 Å². The highest BCUT2D eigenvalue weighted by molar-refractivity contribution is 5.80. The van der Waals surface area contributed by atoms with Crippen LogP contribution in [0, 0.1) is 0 Å². The van der Waals surface area contributed by atoms with E-state index in [-0.39, 0.29) is 12.0 Å². The molecule has 0 radical (unpaired) electrons. The molecule has 1 amide bonds. The van der Waals surface area contributed by atoms with Crippen molar-refractivity contribution in [2.45, 2.75) is 57.7 Å². The summed E-state index contributed by atoms with van der Waals surface area (Å²) in [5.41, 5.74) is 5.37. The zero-order valence-electron chi connectivity index (χ0n) is 10.2. The number of hydrogen-bond acceptors (Lipinski definition) is 3. The van der Waals surface area contributed by atoms with Crippen LogP contribution in [-0.2, 0) is 9.53 Å². The van der Waals surface area contributed by atoms with Crippen molar-refractivity contribution in [3.63, 3.8) is 0 Å². The Labute approximate surface area is 97.9 Å². The van der Waals surface area contributed by atoms with E-state index in [1.807, 2.05) is 6.92 Å². The lowest BCUT2D eigenvalue weighted by atomic mass is 10.2. The molecule has 0 bridgehead atoms. The summed E-state index contributed by atoms with van der Waals surface area (Å²) >= 11 is 0. The Bertz CT molecular complexity index is 203. The number of rotatable bonds is 7. The van der Waals surface area contributed by atoms with Crippen LogP contribution in [0.5, 0.6) is 0 Å². The fourth-order valence-electron chi connectivity index (χ4n) is 2.03. The SMILES string of the molecule is CCC(OC1CCCC1)C(=O)NCCCN. The summed E-state index contributed by atoms with van der Waals surface area (Å²) in [4.78, 5) is 11.8. The van der Waals surface area contributed by atoms with Gasteiger partial charge in [-0.05, 0) is 32.2 Å². The van der Waals surface area contributed by atoms with Crippen LogP contribution < -0.4 is 11.1 Å². The summed E-state index contributed by atoms with van der Waals surface area (Å²) in [5.74, 6) is 0.0165. The van der Waals surface area contributed by atoms with Crippen LogP contribution in [0.15, 0.2) is 0 Å². The van der Waals surface area contributed by atoms with Crippen molar-refractivity contribution in [2.24, 2.45) is 5.73 Å². The summed E-state index contributed by atoms with van der Waals surface area (Å²) in [6, 6.07) is 0. The van der Waals surface area contributed by atoms with E-state index in [1.54, 1.807) is 0 Å². The molecule has 16 heavy (non-hydrogen) atoms. The van der Waals surface area contributed by atoms with E-state index in [2.05, 4.69) is 5.32 Å². The van der Waals surface area contributed by atoms with Crippen LogP contribution in [0.25, 0.3) is 0 Å². The van der Waals surface area contributed by atoms with Crippen molar-refractivity contribution >= 4 is 5.91 Å². The molecular formula is C12H24N2O2. The Kier molecular flexibility index (Phi) is 6.42. The minimum absolute atomic E-state index is 0.0165. The monoisotopic (exact) mass is 228 g/mol. The first-order valence-corrected chi connectivity index (χ1v) is 6.41. The van der Waals surface area contributed by atoms with Gasteiger partial charge in [-0.1, -0.05) is 19.8 Å². The molecule has 1 atom stereocenters. The Morgan fingerprint density at radius 1 is 1.50 bits per heavy atom. The molecule has 0 aromatic heterocycles. The maximum absolute atomic E-state index is 11.8. The normalized spacial score (nSPS) is 18.6. The number of nitrogens with one attached hydrogen (secondary N) is 1. The maximum atomic E-state index is 11.8. The number of nitrogens with two attached hydrogens (primary N) is 1. The van der Waals surface area contributed by atoms with E-state index in [4.69, 9.17) is 10.5 Å². The van der Waals surface area contributed by atoms with Crippen molar-refractivity contribution in [1.29, 1.82) is 0 Å². The van der Waals surface area contributed by atoms with E-state index < -0.39 is 0 Å². The molecular weight excluding hydrogens is 204 g/mol. The van der Waals surface area contributed by atoms with Crippen molar-refractivity contribution in [1.82, 2.24) is 5.32 Å². The number of amides is 1. The highest BCUT2D eigenvalue weighted by atomic mass is 16.5. The van der Waals surface area contributed by atoms with E-state index >= 15 is 0 Å². The van der Waals surface area contributed by atoms with Crippen LogP contribution in [0.2, 0.25) is 0 Å². The summed E-state index contributed by atoms with van der Waals surface area (Å²) < 4.78 is 5.81. The molecule has 3 N–H and O–H groups in total. The van der Waals surface area contributed by atoms with Gasteiger partial charge in [-0.2, -0.15) is 0 Å². The minimum atomic E-state index is -0.277. The summed E-state index contributed by atoms with van der Waals surface area (Å²) in [6.45, 7) is 3.25. The molecule has 94 valence electrons. The highest BCUT2D eigenvalue weighted by Crippen LogP contribution is 2.22. The first-order chi connectivity index (χ1) is 7.77. The fourth-order valence-corrected chi connectivity index (χ4v) is 2.03. The summed E-state index contributed by atoms with van der Waals surface area (Å²) in [6.07, 6.45) is 6.26. The van der Waals surface area contributed by atoms with Crippen molar-refractivity contribution in [2.75, 3.05) is 13.1 Å². The van der Waals surface area contributed by atoms with Gasteiger partial charge in [0.2, 0.25) is 5.91 Å². The van der Waals surface area contributed by atoms with Crippen LogP contribution in [0.3, 0.4) is 0 Å². The molecule has 1 rings (SSSR count). The molecule has 0 aromatic carbocycles. The van der Waals surface area contributed by atoms with E-state index in [1.165, 1.54) is 12.8 Å². The van der Waals surface area contributed by atoms with Gasteiger partial charge in [0.05, 0.1) is 6.10 Å². The van der Waals surface area contributed by atoms with E-state index in [0.29, 0.717) is 19.2 Å². The molecule has 0 spiro atoms. The number of ether oxygens (including phenoxy) is 1. The lowest BCUT2D eigenvalue weighted by Crippen LogP contribution is -2.38. The van der Waals surface area contributed by atoms with Crippen molar-refractivity contribution < 1.29 is 9.53 Å². The third-order valence-corrected chi connectivity index (χ3v) is 3.00. The van der Waals surface area contributed by atoms with E-state index in [9.17, 15) is 4.79 Å². The largest absolute Gasteiger partial charge is 0.365 e. The summed E-state index contributed by atoms with van der Waals surface area (Å²) in [7, 11) is 0. The number of hydrogen-bond donors (Lipinski definition) is 2. The third kappa shape index (κ3) is 4.49. The second kappa shape index (κ2) is 7.63. The Morgan fingerprint density at radius 2 is 2.19 bits per heavy atom. The zero-order valence-corrected chi connectivity index (χ0v) is 10.2. The quantitative estimate of drug-likeness (QED) is 0.643. The maximum Gasteiger partial charge on any atom is 0.249 e. The van der Waals surface area contributed by atoms with Crippen molar-refractivity contribution in [3.8, 4) is 0 Å². The second-order valence-electron chi connectivity index (χ2n) is 4.37. The minimum Gasteiger partial charge on any atom is -0.365 e. The molecule has 1 aliphatic rings. The molecule has 4 heteroatoms. The third-order valence-electron chi connectivity index (χ3n) is 3.00. The molecule has 0 aromatic rings. The molecule has 0 heterocycles. The lowest BCUT2D eigenvalue weighted by Gasteiger charge is -2.20. The van der Waals surface area contributed by atoms with Crippen LogP contribution >= 0.6 is 0 Å². The molecule has 1 saturated carbocycles. The molecule has 1 unspecified atom stereocenters. The highest BCUT2D eigenvalue weighted by Gasteiger charge is 2.23. The average Bonchev–Trinajstić information content (AvgIpc) is 2.78. The lowest BCUT2D eigenvalue weighted by molar-refractivity contribution is -0.136. The van der Waals surface area contributed by atoms with Crippen LogP contribution in [-0.4, -0.2) is 31.2 Å². The van der Waals surface area contributed by atoms with Gasteiger partial charge >= 0.3 is 0 Å². The van der Waals surface area contributed by atoms with Crippen molar-refractivity contribution in [3.05, 3.63) is 0 Å². The van der Waals surface area contributed by atoms with Gasteiger partial charge in [0.1, 0.15) is 6.10 Å². The fraction of sp³-hybridized carbons (Fsp3) is 0.917. The molecule has 4 nitrogen and oxygen atoms in total. The van der Waals surface area contributed by atoms with Crippen LogP contribution in [0.1, 0.15) is 45.4 Å². The molecule has 0 saturated heterocycles. The number of carbonyl (C=O) groups is 1. The predicted octanol–water partition coefficient (Wildman–Crippen LogP) is 1.19. The molecule has 0 aliphatic heterocycles. The predicted molar refractivity (Wildman–Crippen MR) is 64.1 cm³/mol. The average molecular weight is 228 g/mol. The second-order valence-corrected chi connectivity index (χ2v) is 4.37. The topological polar surface area (TPSA) is 64.3 Å². The van der Waals surface area contributed by atoms with Crippen LogP contribution in [0.4, 0.5) is 0 Å². The Morgan fingerprint density at radius 3 is 2.75 bits per heavy atom. The number of carbonyl (C=O) groups excluding carboxylic acids is 1. The molecule has 1 aliphatic carbocycles. The smallest absolute Gasteiger partial charge is 0.249 e. The zero-order chi connectivity index (χ0) is 11.8. The Balaban J connectivity index is 2.25. The van der Waals surface area contributed by atoms with Gasteiger partial charge in [-0.3, -0.25) is 4.79 Å². The first kappa shape index (κ1) is 13.5.